The number of amides is 2. The van der Waals surface area contributed by atoms with Gasteiger partial charge in [-0.05, 0) is 33.1 Å². The molecule has 1 saturated heterocycles. The Morgan fingerprint density at radius 1 is 1.32 bits per heavy atom. The highest BCUT2D eigenvalue weighted by Gasteiger charge is 2.55. The van der Waals surface area contributed by atoms with Gasteiger partial charge in [0, 0.05) is 24.6 Å². The summed E-state index contributed by atoms with van der Waals surface area (Å²) in [6.07, 6.45) is 0. The Morgan fingerprint density at radius 2 is 2.00 bits per heavy atom. The standard InChI is InChI=1S/C19H28N4O6S2/c1-9(2)20-19(21-10(3)4)31-8-13(25)22-14-16(26)23-15(18(27)28)12(6-29-11(5)24)7-30-17(14)23/h7,9-10,14-15,17H,6,8H2,1-5H3,(H,20,21)(H,22,25)(H,27,28)/t14-,15?,17-/m1/s1. The third kappa shape index (κ3) is 6.63. The number of carboxylic acids is 1. The minimum atomic E-state index is -1.22. The monoisotopic (exact) mass is 472 g/mol. The molecule has 0 radical (unpaired) electrons. The van der Waals surface area contributed by atoms with Crippen molar-refractivity contribution < 1.29 is 29.0 Å². The molecule has 0 bridgehead atoms. The first-order valence-corrected chi connectivity index (χ1v) is 11.7. The van der Waals surface area contributed by atoms with Gasteiger partial charge in [0.15, 0.2) is 11.2 Å². The number of carbonyl (C=O) groups is 4. The lowest BCUT2D eigenvalue weighted by Gasteiger charge is -2.51. The first-order chi connectivity index (χ1) is 14.5. The molecule has 2 rings (SSSR count). The summed E-state index contributed by atoms with van der Waals surface area (Å²) in [6, 6.07) is -1.80. The normalized spacial score (nSPS) is 23.1. The molecule has 2 amide bonds. The molecule has 1 unspecified atom stereocenters. The highest BCUT2D eigenvalue weighted by Crippen LogP contribution is 2.40. The van der Waals surface area contributed by atoms with E-state index in [2.05, 4.69) is 15.6 Å². The molecule has 2 heterocycles. The van der Waals surface area contributed by atoms with Crippen molar-refractivity contribution in [2.45, 2.75) is 64.2 Å². The summed E-state index contributed by atoms with van der Waals surface area (Å²) >= 11 is 2.47. The number of β-lactam (4-membered cyclic amide) rings is 1. The zero-order valence-corrected chi connectivity index (χ0v) is 19.7. The molecule has 2 aliphatic heterocycles. The van der Waals surface area contributed by atoms with Gasteiger partial charge < -0.3 is 25.4 Å². The van der Waals surface area contributed by atoms with Gasteiger partial charge >= 0.3 is 11.9 Å². The van der Waals surface area contributed by atoms with Crippen LogP contribution in [0.15, 0.2) is 16.0 Å². The lowest BCUT2D eigenvalue weighted by atomic mass is 9.98. The molecule has 0 aromatic heterocycles. The van der Waals surface area contributed by atoms with E-state index in [4.69, 9.17) is 4.74 Å². The highest BCUT2D eigenvalue weighted by atomic mass is 32.2. The smallest absolute Gasteiger partial charge is 0.330 e. The van der Waals surface area contributed by atoms with Gasteiger partial charge in [-0.1, -0.05) is 11.8 Å². The van der Waals surface area contributed by atoms with Crippen molar-refractivity contribution in [1.82, 2.24) is 15.5 Å². The number of aliphatic imine (C=N–C) groups is 1. The summed E-state index contributed by atoms with van der Waals surface area (Å²) < 4.78 is 4.89. The lowest BCUT2D eigenvalue weighted by Crippen LogP contribution is -2.74. The summed E-state index contributed by atoms with van der Waals surface area (Å²) in [7, 11) is 0. The number of hydrogen-bond acceptors (Lipinski definition) is 8. The van der Waals surface area contributed by atoms with Crippen LogP contribution in [0, 0.1) is 0 Å². The predicted octanol–water partition coefficient (Wildman–Crippen LogP) is 0.782. The van der Waals surface area contributed by atoms with Crippen molar-refractivity contribution in [3.63, 3.8) is 0 Å². The van der Waals surface area contributed by atoms with Crippen molar-refractivity contribution in [2.24, 2.45) is 4.99 Å². The van der Waals surface area contributed by atoms with Gasteiger partial charge in [0.1, 0.15) is 18.0 Å². The van der Waals surface area contributed by atoms with Crippen LogP contribution in [0.25, 0.3) is 0 Å². The topological polar surface area (TPSA) is 137 Å². The Labute approximate surface area is 189 Å². The number of thioether (sulfide) groups is 2. The average Bonchev–Trinajstić information content (AvgIpc) is 2.66. The van der Waals surface area contributed by atoms with E-state index in [9.17, 15) is 24.3 Å². The number of carbonyl (C=O) groups excluding carboxylic acids is 3. The summed E-state index contributed by atoms with van der Waals surface area (Å²) in [5.41, 5.74) is 0.312. The number of nitrogens with zero attached hydrogens (tertiary/aromatic N) is 2. The second-order valence-corrected chi connectivity index (χ2v) is 9.60. The largest absolute Gasteiger partial charge is 0.479 e. The number of ether oxygens (including phenoxy) is 1. The molecule has 0 spiro atoms. The van der Waals surface area contributed by atoms with Crippen LogP contribution in [-0.2, 0) is 23.9 Å². The molecule has 3 atom stereocenters. The third-order valence-electron chi connectivity index (χ3n) is 4.19. The zero-order valence-electron chi connectivity index (χ0n) is 18.1. The van der Waals surface area contributed by atoms with Gasteiger partial charge in [-0.15, -0.1) is 11.8 Å². The van der Waals surface area contributed by atoms with Crippen molar-refractivity contribution in [3.05, 3.63) is 11.0 Å². The van der Waals surface area contributed by atoms with Crippen LogP contribution >= 0.6 is 23.5 Å². The van der Waals surface area contributed by atoms with Crippen molar-refractivity contribution in [2.75, 3.05) is 12.4 Å². The Balaban J connectivity index is 1.99. The van der Waals surface area contributed by atoms with Gasteiger partial charge in [-0.2, -0.15) is 0 Å². The first kappa shape index (κ1) is 25.1. The maximum atomic E-state index is 12.6. The molecule has 12 heteroatoms. The van der Waals surface area contributed by atoms with Crippen molar-refractivity contribution in [1.29, 1.82) is 0 Å². The number of amidine groups is 1. The highest BCUT2D eigenvalue weighted by molar-refractivity contribution is 8.14. The Bertz CT molecular complexity index is 798. The third-order valence-corrected chi connectivity index (χ3v) is 6.31. The number of hydrogen-bond donors (Lipinski definition) is 3. The van der Waals surface area contributed by atoms with Crippen LogP contribution < -0.4 is 10.6 Å². The number of nitrogens with one attached hydrogen (secondary N) is 2. The maximum absolute atomic E-state index is 12.6. The van der Waals surface area contributed by atoms with Gasteiger partial charge in [-0.3, -0.25) is 19.4 Å². The second-order valence-electron chi connectivity index (χ2n) is 7.65. The van der Waals surface area contributed by atoms with E-state index in [1.165, 1.54) is 35.3 Å². The zero-order chi connectivity index (χ0) is 23.3. The fourth-order valence-corrected chi connectivity index (χ4v) is 5.13. The van der Waals surface area contributed by atoms with Crippen LogP contribution in [0.1, 0.15) is 34.6 Å². The summed E-state index contributed by atoms with van der Waals surface area (Å²) in [5, 5.41) is 17.2. The van der Waals surface area contributed by atoms with Gasteiger partial charge in [0.2, 0.25) is 11.8 Å². The first-order valence-electron chi connectivity index (χ1n) is 9.80. The number of aliphatic carboxylic acids is 1. The minimum Gasteiger partial charge on any atom is -0.479 e. The average molecular weight is 473 g/mol. The predicted molar refractivity (Wildman–Crippen MR) is 120 cm³/mol. The molecule has 3 N–H and O–H groups in total. The maximum Gasteiger partial charge on any atom is 0.330 e. The SMILES string of the molecule is CC(=O)OCC1=CS[C@@H]2[C@H](NC(=O)CSC(=NC(C)C)NC(C)C)C(=O)N2C1C(=O)O. The Hall–Kier alpha value is -2.21. The molecular weight excluding hydrogens is 444 g/mol. The molecule has 0 aromatic carbocycles. The Morgan fingerprint density at radius 3 is 2.55 bits per heavy atom. The van der Waals surface area contributed by atoms with Gasteiger partial charge in [0.25, 0.3) is 0 Å². The molecule has 0 saturated carbocycles. The summed E-state index contributed by atoms with van der Waals surface area (Å²) in [6.45, 7) is 8.84. The van der Waals surface area contributed by atoms with E-state index in [0.29, 0.717) is 10.7 Å². The fraction of sp³-hybridized carbons (Fsp3) is 0.632. The van der Waals surface area contributed by atoms with E-state index < -0.39 is 35.3 Å². The van der Waals surface area contributed by atoms with E-state index in [0.717, 1.165) is 0 Å². The second kappa shape index (κ2) is 10.9. The van der Waals surface area contributed by atoms with Crippen molar-refractivity contribution in [3.8, 4) is 0 Å². The molecule has 2 aliphatic rings. The Kier molecular flexibility index (Phi) is 8.80. The molecule has 0 aromatic rings. The van der Waals surface area contributed by atoms with Crippen molar-refractivity contribution >= 4 is 52.4 Å². The number of fused-ring (bicyclic) bond motifs is 1. The molecular formula is C19H28N4O6S2. The van der Waals surface area contributed by atoms with Gasteiger partial charge in [0.05, 0.1) is 5.75 Å². The molecule has 31 heavy (non-hydrogen) atoms. The summed E-state index contributed by atoms with van der Waals surface area (Å²) in [5.74, 6) is -2.50. The van der Waals surface area contributed by atoms with E-state index in [1.54, 1.807) is 5.41 Å². The van der Waals surface area contributed by atoms with E-state index >= 15 is 0 Å². The van der Waals surface area contributed by atoms with E-state index in [-0.39, 0.29) is 30.4 Å². The summed E-state index contributed by atoms with van der Waals surface area (Å²) in [4.78, 5) is 53.5. The molecule has 172 valence electrons. The van der Waals surface area contributed by atoms with Crippen LogP contribution in [0.4, 0.5) is 0 Å². The van der Waals surface area contributed by atoms with Crippen LogP contribution in [0.5, 0.6) is 0 Å². The lowest BCUT2D eigenvalue weighted by molar-refractivity contribution is -0.160. The fourth-order valence-electron chi connectivity index (χ4n) is 2.96. The van der Waals surface area contributed by atoms with Crippen LogP contribution in [-0.4, -0.2) is 80.8 Å². The van der Waals surface area contributed by atoms with Crippen LogP contribution in [0.3, 0.4) is 0 Å². The number of carboxylic acid groups (broad SMARTS) is 1. The van der Waals surface area contributed by atoms with E-state index in [1.807, 2.05) is 27.7 Å². The molecule has 10 nitrogen and oxygen atoms in total. The molecule has 0 aliphatic carbocycles. The quantitative estimate of drug-likeness (QED) is 0.202. The molecule has 1 fully saturated rings. The van der Waals surface area contributed by atoms with Gasteiger partial charge in [-0.25, -0.2) is 4.79 Å². The number of rotatable bonds is 8. The van der Waals surface area contributed by atoms with Crippen LogP contribution in [0.2, 0.25) is 0 Å². The number of esters is 1. The minimum absolute atomic E-state index is 0.0677.